The number of amides is 4. The number of carbonyl (C=O) groups is 4. The number of halogens is 3. The predicted molar refractivity (Wildman–Crippen MR) is 208 cm³/mol. The highest BCUT2D eigenvalue weighted by molar-refractivity contribution is 5.98. The molecular weight excluding hydrogens is 736 g/mol. The number of likely N-dealkylation sites (tertiary alicyclic amines) is 3. The Morgan fingerprint density at radius 3 is 2.26 bits per heavy atom. The van der Waals surface area contributed by atoms with Crippen LogP contribution in [0, 0.1) is 0 Å². The smallest absolute Gasteiger partial charge is 0.416 e. The lowest BCUT2D eigenvalue weighted by atomic mass is 9.87. The highest BCUT2D eigenvalue weighted by Gasteiger charge is 2.58. The highest BCUT2D eigenvalue weighted by atomic mass is 19.4. The quantitative estimate of drug-likeness (QED) is 0.188. The number of nitrogens with zero attached hydrogens (tertiary/aromatic N) is 5. The van der Waals surface area contributed by atoms with E-state index in [1.54, 1.807) is 6.08 Å². The van der Waals surface area contributed by atoms with E-state index in [4.69, 9.17) is 4.74 Å². The molecule has 13 heteroatoms. The van der Waals surface area contributed by atoms with E-state index in [0.717, 1.165) is 49.2 Å². The number of rotatable bonds is 12. The first kappa shape index (κ1) is 40.0. The number of benzene rings is 3. The number of hydrogen-bond donors (Lipinski definition) is 0. The van der Waals surface area contributed by atoms with Crippen LogP contribution in [0.15, 0.2) is 91.0 Å². The van der Waals surface area contributed by atoms with E-state index in [1.807, 2.05) is 71.6 Å². The van der Waals surface area contributed by atoms with E-state index in [1.165, 1.54) is 53.1 Å². The van der Waals surface area contributed by atoms with E-state index in [9.17, 15) is 32.3 Å². The number of ether oxygens (including phenoxy) is 1. The van der Waals surface area contributed by atoms with Gasteiger partial charge in [-0.05, 0) is 74.0 Å². The maximum Gasteiger partial charge on any atom is 0.416 e. The van der Waals surface area contributed by atoms with E-state index in [-0.39, 0.29) is 37.5 Å². The summed E-state index contributed by atoms with van der Waals surface area (Å²) in [5, 5.41) is 0. The normalized spacial score (nSPS) is 22.7. The minimum absolute atomic E-state index is 0.00263. The molecule has 4 aliphatic rings. The van der Waals surface area contributed by atoms with Crippen LogP contribution in [0.4, 0.5) is 18.0 Å². The number of likely N-dealkylation sites (N-methyl/N-ethyl adjacent to an activating group) is 1. The van der Waals surface area contributed by atoms with E-state index in [2.05, 4.69) is 4.90 Å². The standard InChI is InChI=1S/C44H50F3N5O5/c1-48(29-32-14-11-17-34(28-32)44(45,46)47)41(54)37(20-21-39(53)50-26-22-35(23-27-50)49-24-9-4-10-25-49)51-36(19-18-31-12-5-2-6-13-31)40(42(51)55)52-38(30-57-43(52)56)33-15-7-3-8-16-33/h2-3,5-8,11-19,28,35-38,40H,4,9-10,20-27,29-30H2,1H3/b19-18+/t36-,37-,38-,40+/m1/s1. The van der Waals surface area contributed by atoms with Crippen LogP contribution in [-0.2, 0) is 31.8 Å². The molecule has 57 heavy (non-hydrogen) atoms. The number of alkyl halides is 3. The van der Waals surface area contributed by atoms with Crippen molar-refractivity contribution in [2.45, 2.75) is 87.9 Å². The van der Waals surface area contributed by atoms with Gasteiger partial charge in [0.2, 0.25) is 17.7 Å². The predicted octanol–water partition coefficient (Wildman–Crippen LogP) is 6.78. The Labute approximate surface area is 331 Å². The summed E-state index contributed by atoms with van der Waals surface area (Å²) in [6.45, 7) is 3.29. The molecule has 0 bridgehead atoms. The van der Waals surface area contributed by atoms with Crippen LogP contribution in [0.5, 0.6) is 0 Å². The monoisotopic (exact) mass is 785 g/mol. The molecule has 4 fully saturated rings. The first-order valence-electron chi connectivity index (χ1n) is 20.0. The lowest BCUT2D eigenvalue weighted by Crippen LogP contribution is -2.74. The molecule has 0 spiro atoms. The van der Waals surface area contributed by atoms with Crippen LogP contribution in [0.25, 0.3) is 6.08 Å². The van der Waals surface area contributed by atoms with Crippen molar-refractivity contribution in [1.82, 2.24) is 24.5 Å². The molecule has 4 amide bonds. The first-order chi connectivity index (χ1) is 27.5. The Morgan fingerprint density at radius 2 is 1.58 bits per heavy atom. The van der Waals surface area contributed by atoms with Gasteiger partial charge in [0, 0.05) is 39.1 Å². The summed E-state index contributed by atoms with van der Waals surface area (Å²) in [6.07, 6.45) is 3.81. The molecule has 0 radical (unpaired) electrons. The fraction of sp³-hybridized carbons (Fsp3) is 0.455. The molecule has 0 unspecified atom stereocenters. The fourth-order valence-electron chi connectivity index (χ4n) is 8.82. The van der Waals surface area contributed by atoms with Gasteiger partial charge in [-0.2, -0.15) is 13.2 Å². The molecule has 4 saturated heterocycles. The van der Waals surface area contributed by atoms with Crippen molar-refractivity contribution < 1.29 is 37.1 Å². The summed E-state index contributed by atoms with van der Waals surface area (Å²) in [5.74, 6) is -1.10. The lowest BCUT2D eigenvalue weighted by molar-refractivity contribution is -0.166. The molecule has 0 aromatic heterocycles. The summed E-state index contributed by atoms with van der Waals surface area (Å²) in [6, 6.07) is 20.5. The highest BCUT2D eigenvalue weighted by Crippen LogP contribution is 2.39. The maximum atomic E-state index is 14.6. The van der Waals surface area contributed by atoms with Crippen molar-refractivity contribution in [3.63, 3.8) is 0 Å². The second kappa shape index (κ2) is 17.5. The Kier molecular flexibility index (Phi) is 12.3. The second-order valence-corrected chi connectivity index (χ2v) is 15.5. The van der Waals surface area contributed by atoms with Crippen molar-refractivity contribution in [1.29, 1.82) is 0 Å². The zero-order chi connectivity index (χ0) is 40.1. The van der Waals surface area contributed by atoms with E-state index >= 15 is 0 Å². The molecule has 0 aliphatic carbocycles. The zero-order valence-electron chi connectivity index (χ0n) is 32.2. The summed E-state index contributed by atoms with van der Waals surface area (Å²) in [7, 11) is 1.49. The van der Waals surface area contributed by atoms with Crippen LogP contribution in [0.1, 0.15) is 73.2 Å². The van der Waals surface area contributed by atoms with Gasteiger partial charge >= 0.3 is 12.3 Å². The Bertz CT molecular complexity index is 1910. The van der Waals surface area contributed by atoms with Gasteiger partial charge in [-0.3, -0.25) is 19.3 Å². The average molecular weight is 786 g/mol. The van der Waals surface area contributed by atoms with Crippen LogP contribution >= 0.6 is 0 Å². The number of hydrogen-bond acceptors (Lipinski definition) is 6. The molecule has 0 saturated carbocycles. The van der Waals surface area contributed by atoms with Crippen molar-refractivity contribution in [3.8, 4) is 0 Å². The van der Waals surface area contributed by atoms with Gasteiger partial charge in [-0.15, -0.1) is 0 Å². The molecular formula is C44H50F3N5O5. The van der Waals surface area contributed by atoms with Gasteiger partial charge in [-0.1, -0.05) is 91.4 Å². The number of β-lactam (4-membered cyclic amide) rings is 1. The largest absolute Gasteiger partial charge is 0.447 e. The van der Waals surface area contributed by atoms with E-state index < -0.39 is 53.8 Å². The van der Waals surface area contributed by atoms with Gasteiger partial charge < -0.3 is 24.3 Å². The molecule has 4 atom stereocenters. The van der Waals surface area contributed by atoms with Gasteiger partial charge in [0.25, 0.3) is 0 Å². The van der Waals surface area contributed by atoms with E-state index in [0.29, 0.717) is 19.1 Å². The molecule has 4 heterocycles. The van der Waals surface area contributed by atoms with Gasteiger partial charge in [0.15, 0.2) is 0 Å². The summed E-state index contributed by atoms with van der Waals surface area (Å²) in [4.78, 5) is 64.9. The fourth-order valence-corrected chi connectivity index (χ4v) is 8.82. The van der Waals surface area contributed by atoms with Crippen molar-refractivity contribution in [2.75, 3.05) is 39.8 Å². The molecule has 0 N–H and O–H groups in total. The van der Waals surface area contributed by atoms with Crippen LogP contribution in [0.3, 0.4) is 0 Å². The third-order valence-corrected chi connectivity index (χ3v) is 11.9. The minimum Gasteiger partial charge on any atom is -0.447 e. The number of carbonyl (C=O) groups excluding carboxylic acids is 4. The van der Waals surface area contributed by atoms with Crippen molar-refractivity contribution >= 4 is 29.9 Å². The maximum absolute atomic E-state index is 14.6. The Morgan fingerprint density at radius 1 is 0.895 bits per heavy atom. The Balaban J connectivity index is 1.16. The summed E-state index contributed by atoms with van der Waals surface area (Å²) in [5.41, 5.74) is 1.07. The van der Waals surface area contributed by atoms with Crippen LogP contribution in [0.2, 0.25) is 0 Å². The molecule has 3 aromatic rings. The summed E-state index contributed by atoms with van der Waals surface area (Å²) < 4.78 is 46.3. The topological polar surface area (TPSA) is 93.7 Å². The van der Waals surface area contributed by atoms with Crippen molar-refractivity contribution in [3.05, 3.63) is 113 Å². The third kappa shape index (κ3) is 9.03. The molecule has 3 aromatic carbocycles. The minimum atomic E-state index is -4.56. The molecule has 4 aliphatic heterocycles. The zero-order valence-corrected chi connectivity index (χ0v) is 32.2. The lowest BCUT2D eigenvalue weighted by Gasteiger charge is -2.52. The Hall–Kier alpha value is -5.17. The second-order valence-electron chi connectivity index (χ2n) is 15.5. The number of piperidine rings is 2. The van der Waals surface area contributed by atoms with Gasteiger partial charge in [0.1, 0.15) is 18.7 Å². The molecule has 10 nitrogen and oxygen atoms in total. The number of cyclic esters (lactones) is 1. The average Bonchev–Trinajstić information content (AvgIpc) is 3.60. The third-order valence-electron chi connectivity index (χ3n) is 11.9. The molecule has 302 valence electrons. The first-order valence-corrected chi connectivity index (χ1v) is 20.0. The van der Waals surface area contributed by atoms with Crippen LogP contribution < -0.4 is 0 Å². The van der Waals surface area contributed by atoms with Crippen LogP contribution in [-0.4, -0.2) is 112 Å². The van der Waals surface area contributed by atoms with Gasteiger partial charge in [-0.25, -0.2) is 4.79 Å². The van der Waals surface area contributed by atoms with Gasteiger partial charge in [0.05, 0.1) is 17.6 Å². The SMILES string of the molecule is CN(Cc1cccc(C(F)(F)F)c1)C(=O)[C@@H](CCC(=O)N1CCC(N2CCCCC2)CC1)N1C(=O)[C@@H](N2C(=O)OC[C@@H]2c2ccccc2)[C@H]1/C=C/c1ccccc1. The molecule has 7 rings (SSSR count). The summed E-state index contributed by atoms with van der Waals surface area (Å²) >= 11 is 0. The van der Waals surface area contributed by atoms with Crippen molar-refractivity contribution in [2.24, 2.45) is 0 Å².